The second-order valence-electron chi connectivity index (χ2n) is 10.5. The number of hydrogen-bond acceptors (Lipinski definition) is 6. The van der Waals surface area contributed by atoms with E-state index in [1.165, 1.54) is 77.0 Å². The molecule has 0 aliphatic carbocycles. The third-order valence-electron chi connectivity index (χ3n) is 5.84. The van der Waals surface area contributed by atoms with E-state index in [0.29, 0.717) is 17.6 Å². The van der Waals surface area contributed by atoms with E-state index in [1.807, 2.05) is 21.1 Å². The molecule has 0 amide bonds. The maximum Gasteiger partial charge on any atom is 0.472 e. The van der Waals surface area contributed by atoms with E-state index in [4.69, 9.17) is 18.5 Å². The van der Waals surface area contributed by atoms with Gasteiger partial charge in [-0.2, -0.15) is 0 Å². The molecule has 36 heavy (non-hydrogen) atoms. The zero-order valence-corrected chi connectivity index (χ0v) is 24.5. The first-order valence-electron chi connectivity index (χ1n) is 13.9. The Kier molecular flexibility index (Phi) is 21.8. The number of phosphoric acid groups is 1. The monoisotopic (exact) mass is 536 g/mol. The summed E-state index contributed by atoms with van der Waals surface area (Å²) in [6.45, 7) is 6.58. The summed E-state index contributed by atoms with van der Waals surface area (Å²) in [5.41, 5.74) is 0. The molecule has 0 rings (SSSR count). The van der Waals surface area contributed by atoms with E-state index in [-0.39, 0.29) is 19.8 Å². The van der Waals surface area contributed by atoms with E-state index in [0.717, 1.165) is 18.9 Å². The second kappa shape index (κ2) is 22.2. The van der Waals surface area contributed by atoms with Crippen molar-refractivity contribution in [2.75, 3.05) is 54.1 Å². The lowest BCUT2D eigenvalue weighted by molar-refractivity contribution is -0.870. The van der Waals surface area contributed by atoms with Gasteiger partial charge in [-0.1, -0.05) is 97.0 Å². The topological polar surface area (TPSA) is 91.3 Å². The summed E-state index contributed by atoms with van der Waals surface area (Å²) < 4.78 is 33.5. The number of carbonyl (C=O) groups excluding carboxylic acids is 1. The van der Waals surface area contributed by atoms with Crippen molar-refractivity contribution in [2.24, 2.45) is 0 Å². The summed E-state index contributed by atoms with van der Waals surface area (Å²) in [6.07, 6.45) is 18.3. The van der Waals surface area contributed by atoms with Gasteiger partial charge in [-0.05, 0) is 6.42 Å². The number of phosphoric ester groups is 1. The minimum Gasteiger partial charge on any atom is -0.454 e. The van der Waals surface area contributed by atoms with Gasteiger partial charge in [-0.15, -0.1) is 0 Å². The van der Waals surface area contributed by atoms with Crippen LogP contribution in [0.5, 0.6) is 0 Å². The number of hydrogen-bond donors (Lipinski definition) is 1. The summed E-state index contributed by atoms with van der Waals surface area (Å²) in [4.78, 5) is 21.5. The van der Waals surface area contributed by atoms with Crippen LogP contribution in [0.4, 0.5) is 0 Å². The number of esters is 1. The van der Waals surface area contributed by atoms with E-state index in [9.17, 15) is 14.3 Å². The minimum absolute atomic E-state index is 0.0734. The number of nitrogens with zero attached hydrogens (tertiary/aromatic N) is 1. The first kappa shape index (κ1) is 35.2. The second-order valence-corrected chi connectivity index (χ2v) is 12.0. The molecule has 0 aliphatic rings. The summed E-state index contributed by atoms with van der Waals surface area (Å²) in [5, 5.41) is 0. The molecule has 2 atom stereocenters. The molecule has 0 aliphatic heterocycles. The smallest absolute Gasteiger partial charge is 0.454 e. The van der Waals surface area contributed by atoms with Crippen molar-refractivity contribution in [3.8, 4) is 0 Å². The molecule has 9 heteroatoms. The van der Waals surface area contributed by atoms with Crippen LogP contribution in [-0.4, -0.2) is 75.6 Å². The third-order valence-corrected chi connectivity index (χ3v) is 6.82. The minimum atomic E-state index is -4.24. The molecular weight excluding hydrogens is 481 g/mol. The average molecular weight is 537 g/mol. The molecule has 0 aromatic heterocycles. The van der Waals surface area contributed by atoms with Gasteiger partial charge in [0.15, 0.2) is 0 Å². The highest BCUT2D eigenvalue weighted by Gasteiger charge is 2.26. The lowest BCUT2D eigenvalue weighted by Crippen LogP contribution is -2.37. The average Bonchev–Trinajstić information content (AvgIpc) is 2.81. The molecule has 8 nitrogen and oxygen atoms in total. The predicted molar refractivity (Wildman–Crippen MR) is 146 cm³/mol. The van der Waals surface area contributed by atoms with Crippen LogP contribution in [-0.2, 0) is 27.9 Å². The van der Waals surface area contributed by atoms with Gasteiger partial charge in [0.05, 0.1) is 34.4 Å². The molecule has 0 heterocycles. The Bertz CT molecular complexity index is 595. The molecule has 0 saturated heterocycles. The normalized spacial score (nSPS) is 14.4. The Hall–Kier alpha value is -0.760. The van der Waals surface area contributed by atoms with Crippen molar-refractivity contribution in [1.82, 2.24) is 0 Å². The fourth-order valence-electron chi connectivity index (χ4n) is 3.59. The van der Waals surface area contributed by atoms with Crippen LogP contribution < -0.4 is 0 Å². The summed E-state index contributed by atoms with van der Waals surface area (Å²) in [5.74, 6) is -0.637. The molecule has 0 spiro atoms. The van der Waals surface area contributed by atoms with Gasteiger partial charge in [-0.25, -0.2) is 9.36 Å². The molecule has 0 aromatic carbocycles. The largest absolute Gasteiger partial charge is 0.472 e. The Morgan fingerprint density at radius 1 is 0.833 bits per heavy atom. The Morgan fingerprint density at radius 2 is 1.33 bits per heavy atom. The van der Waals surface area contributed by atoms with Gasteiger partial charge in [0.1, 0.15) is 19.3 Å². The van der Waals surface area contributed by atoms with Gasteiger partial charge >= 0.3 is 13.8 Å². The number of likely N-dealkylation sites (N-methyl/N-ethyl adjacent to an activating group) is 1. The molecule has 0 saturated carbocycles. The van der Waals surface area contributed by atoms with Crippen LogP contribution in [0.1, 0.15) is 96.8 Å². The zero-order valence-electron chi connectivity index (χ0n) is 23.6. The van der Waals surface area contributed by atoms with E-state index < -0.39 is 19.9 Å². The Labute approximate surface area is 220 Å². The molecule has 0 bridgehead atoms. The SMILES string of the molecule is C=CC(=O)OC(COCCCCCCCCCCCCCCCC)COP(=O)(O)OCC[N+](C)(C)C. The molecule has 0 radical (unpaired) electrons. The van der Waals surface area contributed by atoms with Gasteiger partial charge in [0.2, 0.25) is 0 Å². The van der Waals surface area contributed by atoms with Crippen LogP contribution in [0.25, 0.3) is 0 Å². The fourth-order valence-corrected chi connectivity index (χ4v) is 4.33. The third kappa shape index (κ3) is 24.9. The van der Waals surface area contributed by atoms with Gasteiger partial charge in [0, 0.05) is 12.7 Å². The van der Waals surface area contributed by atoms with E-state index in [1.54, 1.807) is 0 Å². The van der Waals surface area contributed by atoms with Crippen molar-refractivity contribution in [3.63, 3.8) is 0 Å². The quantitative estimate of drug-likeness (QED) is 0.0448. The summed E-state index contributed by atoms with van der Waals surface area (Å²) >= 11 is 0. The van der Waals surface area contributed by atoms with Crippen molar-refractivity contribution in [2.45, 2.75) is 103 Å². The van der Waals surface area contributed by atoms with Crippen molar-refractivity contribution < 1.29 is 37.3 Å². The van der Waals surface area contributed by atoms with E-state index in [2.05, 4.69) is 13.5 Å². The summed E-state index contributed by atoms with van der Waals surface area (Å²) in [6, 6.07) is 0. The summed E-state index contributed by atoms with van der Waals surface area (Å²) in [7, 11) is 1.61. The van der Waals surface area contributed by atoms with Gasteiger partial charge in [-0.3, -0.25) is 9.05 Å². The number of rotatable bonds is 26. The fraction of sp³-hybridized carbons (Fsp3) is 0.889. The van der Waals surface area contributed by atoms with Crippen LogP contribution in [0.2, 0.25) is 0 Å². The highest BCUT2D eigenvalue weighted by molar-refractivity contribution is 7.47. The lowest BCUT2D eigenvalue weighted by atomic mass is 10.0. The van der Waals surface area contributed by atoms with Crippen LogP contribution >= 0.6 is 7.82 Å². The predicted octanol–water partition coefficient (Wildman–Crippen LogP) is 6.42. The standard InChI is InChI=1S/C27H54NO7P/c1-6-8-9-10-11-12-13-14-15-16-17-18-19-20-22-32-24-26(35-27(29)7-2)25-34-36(30,31)33-23-21-28(3,4)5/h7,26H,2,6,8-25H2,1,3-5H3/p+1. The zero-order chi connectivity index (χ0) is 27.1. The van der Waals surface area contributed by atoms with Gasteiger partial charge < -0.3 is 18.9 Å². The van der Waals surface area contributed by atoms with Crippen molar-refractivity contribution in [1.29, 1.82) is 0 Å². The molecule has 1 N–H and O–H groups in total. The maximum absolute atomic E-state index is 12.1. The van der Waals surface area contributed by atoms with Crippen LogP contribution in [0, 0.1) is 0 Å². The Morgan fingerprint density at radius 3 is 1.81 bits per heavy atom. The van der Waals surface area contributed by atoms with Crippen molar-refractivity contribution >= 4 is 13.8 Å². The van der Waals surface area contributed by atoms with Crippen LogP contribution in [0.3, 0.4) is 0 Å². The number of quaternary nitrogens is 1. The number of carbonyl (C=O) groups is 1. The first-order valence-corrected chi connectivity index (χ1v) is 15.4. The first-order chi connectivity index (χ1) is 17.1. The van der Waals surface area contributed by atoms with Gasteiger partial charge in [0.25, 0.3) is 0 Å². The molecule has 0 fully saturated rings. The van der Waals surface area contributed by atoms with Crippen LogP contribution in [0.15, 0.2) is 12.7 Å². The number of ether oxygens (including phenoxy) is 2. The lowest BCUT2D eigenvalue weighted by Gasteiger charge is -2.24. The molecule has 214 valence electrons. The van der Waals surface area contributed by atoms with E-state index >= 15 is 0 Å². The molecular formula is C27H55NO7P+. The number of unbranched alkanes of at least 4 members (excludes halogenated alkanes) is 13. The highest BCUT2D eigenvalue weighted by atomic mass is 31.2. The van der Waals surface area contributed by atoms with Crippen molar-refractivity contribution in [3.05, 3.63) is 12.7 Å². The maximum atomic E-state index is 12.1. The molecule has 0 aromatic rings. The molecule has 2 unspecified atom stereocenters. The Balaban J connectivity index is 3.88. The highest BCUT2D eigenvalue weighted by Crippen LogP contribution is 2.43.